The monoisotopic (exact) mass is 255 g/mol. The molecule has 0 aliphatic carbocycles. The van der Waals surface area contributed by atoms with Crippen LogP contribution in [-0.2, 0) is 4.79 Å². The van der Waals surface area contributed by atoms with Crippen molar-refractivity contribution in [2.45, 2.75) is 33.2 Å². The van der Waals surface area contributed by atoms with Crippen molar-refractivity contribution >= 4 is 16.7 Å². The number of hydrogen-bond acceptors (Lipinski definition) is 1. The number of fused-ring (bicyclic) bond motifs is 1. The maximum atomic E-state index is 11.9. The third-order valence-electron chi connectivity index (χ3n) is 3.26. The third kappa shape index (κ3) is 3.34. The molecule has 0 aromatic heterocycles. The summed E-state index contributed by atoms with van der Waals surface area (Å²) in [4.78, 5) is 11.9. The molecule has 0 bridgehead atoms. The Labute approximate surface area is 114 Å². The molecule has 0 saturated heterocycles. The van der Waals surface area contributed by atoms with Crippen molar-refractivity contribution < 1.29 is 4.79 Å². The zero-order chi connectivity index (χ0) is 13.8. The number of benzene rings is 2. The second kappa shape index (κ2) is 5.87. The normalized spacial score (nSPS) is 12.6. The fourth-order valence-electron chi connectivity index (χ4n) is 2.38. The molecule has 0 fully saturated rings. The molecule has 1 amide bonds. The van der Waals surface area contributed by atoms with Gasteiger partial charge in [-0.05, 0) is 29.2 Å². The Morgan fingerprint density at radius 1 is 1.05 bits per heavy atom. The molecule has 0 aliphatic heterocycles. The number of hydrogen-bond donors (Lipinski definition) is 1. The summed E-state index contributed by atoms with van der Waals surface area (Å²) in [7, 11) is 0. The summed E-state index contributed by atoms with van der Waals surface area (Å²) >= 11 is 0. The fourth-order valence-corrected chi connectivity index (χ4v) is 2.38. The van der Waals surface area contributed by atoms with E-state index in [1.54, 1.807) is 0 Å². The maximum Gasteiger partial charge on any atom is 0.220 e. The van der Waals surface area contributed by atoms with Crippen LogP contribution in [0.2, 0.25) is 0 Å². The summed E-state index contributed by atoms with van der Waals surface area (Å²) in [6.07, 6.45) is 0.578. The molecule has 0 heterocycles. The summed E-state index contributed by atoms with van der Waals surface area (Å²) < 4.78 is 0. The molecule has 1 unspecified atom stereocenters. The van der Waals surface area contributed by atoms with Gasteiger partial charge < -0.3 is 5.32 Å². The van der Waals surface area contributed by atoms with E-state index in [1.807, 2.05) is 25.1 Å². The van der Waals surface area contributed by atoms with Crippen LogP contribution < -0.4 is 5.32 Å². The van der Waals surface area contributed by atoms with Crippen LogP contribution in [0.15, 0.2) is 42.5 Å². The molecule has 1 atom stereocenters. The van der Waals surface area contributed by atoms with Crippen LogP contribution in [-0.4, -0.2) is 5.91 Å². The number of nitrogens with one attached hydrogen (secondary N) is 1. The standard InChI is InChI=1S/C17H21NO/c1-12(2)11-17(19)18-13(3)15-10-6-8-14-7-4-5-9-16(14)15/h4-10,12-13H,11H2,1-3H3,(H,18,19). The summed E-state index contributed by atoms with van der Waals surface area (Å²) in [6.45, 7) is 6.16. The topological polar surface area (TPSA) is 29.1 Å². The quantitative estimate of drug-likeness (QED) is 0.877. The molecule has 2 nitrogen and oxygen atoms in total. The van der Waals surface area contributed by atoms with Gasteiger partial charge in [-0.25, -0.2) is 0 Å². The van der Waals surface area contributed by atoms with E-state index in [9.17, 15) is 4.79 Å². The van der Waals surface area contributed by atoms with Crippen molar-refractivity contribution in [3.8, 4) is 0 Å². The Hall–Kier alpha value is -1.83. The highest BCUT2D eigenvalue weighted by Gasteiger charge is 2.12. The minimum Gasteiger partial charge on any atom is -0.350 e. The fraction of sp³-hybridized carbons (Fsp3) is 0.353. The minimum absolute atomic E-state index is 0.0392. The minimum atomic E-state index is 0.0392. The molecule has 0 spiro atoms. The lowest BCUT2D eigenvalue weighted by Crippen LogP contribution is -2.27. The lowest BCUT2D eigenvalue weighted by molar-refractivity contribution is -0.122. The van der Waals surface area contributed by atoms with Gasteiger partial charge in [0.05, 0.1) is 6.04 Å². The van der Waals surface area contributed by atoms with Gasteiger partial charge in [0, 0.05) is 6.42 Å². The Bertz CT molecular complexity index is 569. The van der Waals surface area contributed by atoms with Gasteiger partial charge in [0.15, 0.2) is 0 Å². The molecule has 2 rings (SSSR count). The van der Waals surface area contributed by atoms with E-state index in [1.165, 1.54) is 16.3 Å². The molecule has 1 N–H and O–H groups in total. The van der Waals surface area contributed by atoms with Crippen LogP contribution in [0.1, 0.15) is 38.8 Å². The lowest BCUT2D eigenvalue weighted by Gasteiger charge is -2.17. The van der Waals surface area contributed by atoms with Crippen molar-refractivity contribution in [3.63, 3.8) is 0 Å². The van der Waals surface area contributed by atoms with E-state index in [-0.39, 0.29) is 11.9 Å². The van der Waals surface area contributed by atoms with Gasteiger partial charge in [-0.1, -0.05) is 56.3 Å². The largest absolute Gasteiger partial charge is 0.350 e. The second-order valence-electron chi connectivity index (χ2n) is 5.46. The Kier molecular flexibility index (Phi) is 4.20. The number of carbonyl (C=O) groups excluding carboxylic acids is 1. The highest BCUT2D eigenvalue weighted by atomic mass is 16.1. The predicted molar refractivity (Wildman–Crippen MR) is 80.0 cm³/mol. The van der Waals surface area contributed by atoms with Gasteiger partial charge in [-0.2, -0.15) is 0 Å². The van der Waals surface area contributed by atoms with Gasteiger partial charge in [0.1, 0.15) is 0 Å². The smallest absolute Gasteiger partial charge is 0.220 e. The Morgan fingerprint density at radius 3 is 2.47 bits per heavy atom. The SMILES string of the molecule is CC(C)CC(=O)NC(C)c1cccc2ccccc12. The van der Waals surface area contributed by atoms with E-state index in [2.05, 4.69) is 43.4 Å². The van der Waals surface area contributed by atoms with Gasteiger partial charge in [-0.15, -0.1) is 0 Å². The van der Waals surface area contributed by atoms with Crippen molar-refractivity contribution in [2.75, 3.05) is 0 Å². The molecular weight excluding hydrogens is 234 g/mol. The Balaban J connectivity index is 2.22. The van der Waals surface area contributed by atoms with E-state index < -0.39 is 0 Å². The molecule has 19 heavy (non-hydrogen) atoms. The average Bonchev–Trinajstić information content (AvgIpc) is 2.36. The summed E-state index contributed by atoms with van der Waals surface area (Å²) in [5, 5.41) is 5.50. The van der Waals surface area contributed by atoms with Gasteiger partial charge in [-0.3, -0.25) is 4.79 Å². The average molecular weight is 255 g/mol. The molecule has 2 aromatic carbocycles. The van der Waals surface area contributed by atoms with Crippen LogP contribution in [0.3, 0.4) is 0 Å². The van der Waals surface area contributed by atoms with Crippen LogP contribution in [0, 0.1) is 5.92 Å². The van der Waals surface area contributed by atoms with Crippen molar-refractivity contribution in [2.24, 2.45) is 5.92 Å². The zero-order valence-electron chi connectivity index (χ0n) is 11.8. The van der Waals surface area contributed by atoms with Crippen molar-refractivity contribution in [1.29, 1.82) is 0 Å². The predicted octanol–water partition coefficient (Wildman–Crippen LogP) is 4.06. The first-order valence-electron chi connectivity index (χ1n) is 6.85. The number of amides is 1. The summed E-state index contributed by atoms with van der Waals surface area (Å²) in [5.74, 6) is 0.509. The molecule has 2 heteroatoms. The molecule has 0 aliphatic rings. The molecular formula is C17H21NO. The highest BCUT2D eigenvalue weighted by molar-refractivity contribution is 5.86. The number of carbonyl (C=O) groups is 1. The van der Waals surface area contributed by atoms with E-state index >= 15 is 0 Å². The summed E-state index contributed by atoms with van der Waals surface area (Å²) in [5.41, 5.74) is 1.18. The van der Waals surface area contributed by atoms with Crippen molar-refractivity contribution in [1.82, 2.24) is 5.32 Å². The van der Waals surface area contributed by atoms with Crippen LogP contribution in [0.25, 0.3) is 10.8 Å². The van der Waals surface area contributed by atoms with Gasteiger partial charge in [0.2, 0.25) is 5.91 Å². The molecule has 0 radical (unpaired) electrons. The first-order valence-corrected chi connectivity index (χ1v) is 6.85. The lowest BCUT2D eigenvalue weighted by atomic mass is 9.99. The second-order valence-corrected chi connectivity index (χ2v) is 5.46. The maximum absolute atomic E-state index is 11.9. The molecule has 100 valence electrons. The zero-order valence-corrected chi connectivity index (χ0v) is 11.8. The van der Waals surface area contributed by atoms with E-state index in [4.69, 9.17) is 0 Å². The number of rotatable bonds is 4. The van der Waals surface area contributed by atoms with E-state index in [0.29, 0.717) is 12.3 Å². The molecule has 0 saturated carbocycles. The summed E-state index contributed by atoms with van der Waals surface area (Å²) in [6, 6.07) is 14.5. The first-order chi connectivity index (χ1) is 9.08. The van der Waals surface area contributed by atoms with Gasteiger partial charge in [0.25, 0.3) is 0 Å². The van der Waals surface area contributed by atoms with Crippen LogP contribution in [0.4, 0.5) is 0 Å². The van der Waals surface area contributed by atoms with Crippen molar-refractivity contribution in [3.05, 3.63) is 48.0 Å². The highest BCUT2D eigenvalue weighted by Crippen LogP contribution is 2.24. The molecule has 2 aromatic rings. The Morgan fingerprint density at radius 2 is 1.74 bits per heavy atom. The van der Waals surface area contributed by atoms with Crippen LogP contribution in [0.5, 0.6) is 0 Å². The third-order valence-corrected chi connectivity index (χ3v) is 3.26. The van der Waals surface area contributed by atoms with Gasteiger partial charge >= 0.3 is 0 Å². The first kappa shape index (κ1) is 13.6. The van der Waals surface area contributed by atoms with Crippen LogP contribution >= 0.6 is 0 Å². The van der Waals surface area contributed by atoms with E-state index in [0.717, 1.165) is 0 Å².